The number of amides is 1. The average Bonchev–Trinajstić information content (AvgIpc) is 3.20. The molecule has 2 aromatic carbocycles. The van der Waals surface area contributed by atoms with Crippen LogP contribution in [0.2, 0.25) is 5.02 Å². The quantitative estimate of drug-likeness (QED) is 0.558. The number of piperidine rings is 1. The Balaban J connectivity index is 1.43. The molecule has 0 spiro atoms. The maximum atomic E-state index is 12.6. The van der Waals surface area contributed by atoms with Crippen LogP contribution in [0.4, 0.5) is 4.79 Å². The van der Waals surface area contributed by atoms with E-state index in [1.54, 1.807) is 4.90 Å². The van der Waals surface area contributed by atoms with Crippen LogP contribution < -0.4 is 4.74 Å². The van der Waals surface area contributed by atoms with Gasteiger partial charge in [-0.1, -0.05) is 30.2 Å². The van der Waals surface area contributed by atoms with Crippen LogP contribution in [0, 0.1) is 0 Å². The van der Waals surface area contributed by atoms with Gasteiger partial charge in [-0.2, -0.15) is 0 Å². The van der Waals surface area contributed by atoms with Crippen molar-refractivity contribution in [2.24, 2.45) is 0 Å². The molecule has 6 nitrogen and oxygen atoms in total. The highest BCUT2D eigenvalue weighted by Gasteiger charge is 2.35. The molecule has 0 aliphatic carbocycles. The van der Waals surface area contributed by atoms with Crippen molar-refractivity contribution < 1.29 is 14.3 Å². The Morgan fingerprint density at radius 2 is 1.97 bits per heavy atom. The molecule has 174 valence electrons. The van der Waals surface area contributed by atoms with Crippen molar-refractivity contribution >= 4 is 28.6 Å². The SMILES string of the molecule is COC(=O)N1CCc2c([nH]c3ccc(Cl)cc23)C1c1ccc(OCC2CCCCN2C)cc1. The van der Waals surface area contributed by atoms with Crippen molar-refractivity contribution in [2.75, 3.05) is 33.9 Å². The van der Waals surface area contributed by atoms with Gasteiger partial charge in [0.2, 0.25) is 0 Å². The molecule has 2 aliphatic heterocycles. The summed E-state index contributed by atoms with van der Waals surface area (Å²) < 4.78 is 11.2. The summed E-state index contributed by atoms with van der Waals surface area (Å²) in [5, 5.41) is 1.82. The van der Waals surface area contributed by atoms with Gasteiger partial charge >= 0.3 is 6.09 Å². The first-order chi connectivity index (χ1) is 16.0. The second-order valence-electron chi connectivity index (χ2n) is 9.03. The fourth-order valence-corrected chi connectivity index (χ4v) is 5.39. The Morgan fingerprint density at radius 1 is 1.15 bits per heavy atom. The topological polar surface area (TPSA) is 57.8 Å². The number of rotatable bonds is 4. The molecule has 1 saturated heterocycles. The van der Waals surface area contributed by atoms with Gasteiger partial charge in [-0.15, -0.1) is 0 Å². The Hall–Kier alpha value is -2.70. The number of likely N-dealkylation sites (tertiary alicyclic amines) is 1. The molecule has 0 bridgehead atoms. The monoisotopic (exact) mass is 467 g/mol. The van der Waals surface area contributed by atoms with Gasteiger partial charge in [0.05, 0.1) is 7.11 Å². The summed E-state index contributed by atoms with van der Waals surface area (Å²) in [5.41, 5.74) is 4.26. The summed E-state index contributed by atoms with van der Waals surface area (Å²) in [5.74, 6) is 0.849. The molecule has 1 N–H and O–H groups in total. The first kappa shape index (κ1) is 22.1. The minimum Gasteiger partial charge on any atom is -0.492 e. The average molecular weight is 468 g/mol. The van der Waals surface area contributed by atoms with Crippen LogP contribution in [0.3, 0.4) is 0 Å². The van der Waals surface area contributed by atoms with E-state index >= 15 is 0 Å². The number of hydrogen-bond acceptors (Lipinski definition) is 4. The zero-order chi connectivity index (χ0) is 22.9. The molecular formula is C26H30ClN3O3. The standard InChI is InChI=1S/C26H30ClN3O3/c1-29-13-4-3-5-19(29)16-33-20-9-6-17(7-10-20)25-24-21(12-14-30(25)26(31)32-2)22-15-18(27)8-11-23(22)28-24/h6-11,15,19,25,28H,3-5,12-14,16H2,1-2H3. The summed E-state index contributed by atoms with van der Waals surface area (Å²) in [7, 11) is 3.60. The molecule has 3 aromatic rings. The van der Waals surface area contributed by atoms with Gasteiger partial charge in [0, 0.05) is 34.2 Å². The summed E-state index contributed by atoms with van der Waals surface area (Å²) in [4.78, 5) is 20.4. The van der Waals surface area contributed by atoms with Crippen molar-refractivity contribution in [2.45, 2.75) is 37.8 Å². The van der Waals surface area contributed by atoms with Gasteiger partial charge < -0.3 is 19.4 Å². The molecule has 2 unspecified atom stereocenters. The van der Waals surface area contributed by atoms with Gasteiger partial charge in [-0.05, 0) is 74.3 Å². The lowest BCUT2D eigenvalue weighted by molar-refractivity contribution is 0.108. The van der Waals surface area contributed by atoms with E-state index in [1.165, 1.54) is 31.9 Å². The van der Waals surface area contributed by atoms with Gasteiger partial charge in [-0.3, -0.25) is 4.90 Å². The fourth-order valence-electron chi connectivity index (χ4n) is 5.21. The van der Waals surface area contributed by atoms with Crippen LogP contribution in [0.15, 0.2) is 42.5 Å². The third-order valence-corrected chi connectivity index (χ3v) is 7.29. The molecular weight excluding hydrogens is 438 g/mol. The number of methoxy groups -OCH3 is 1. The molecule has 1 amide bonds. The number of benzene rings is 2. The molecule has 0 radical (unpaired) electrons. The smallest absolute Gasteiger partial charge is 0.410 e. The maximum Gasteiger partial charge on any atom is 0.410 e. The number of ether oxygens (including phenoxy) is 2. The Bertz CT molecular complexity index is 1140. The highest BCUT2D eigenvalue weighted by Crippen LogP contribution is 2.39. The second-order valence-corrected chi connectivity index (χ2v) is 9.47. The number of carbonyl (C=O) groups excluding carboxylic acids is 1. The van der Waals surface area contributed by atoms with Gasteiger partial charge in [-0.25, -0.2) is 4.79 Å². The number of nitrogens with zero attached hydrogens (tertiary/aromatic N) is 2. The number of fused-ring (bicyclic) bond motifs is 3. The Morgan fingerprint density at radius 3 is 2.73 bits per heavy atom. The van der Waals surface area contributed by atoms with Gasteiger partial charge in [0.15, 0.2) is 0 Å². The third-order valence-electron chi connectivity index (χ3n) is 7.06. The lowest BCUT2D eigenvalue weighted by atomic mass is 9.92. The highest BCUT2D eigenvalue weighted by atomic mass is 35.5. The number of nitrogens with one attached hydrogen (secondary N) is 1. The molecule has 2 aliphatic rings. The van der Waals surface area contributed by atoms with E-state index in [-0.39, 0.29) is 12.1 Å². The zero-order valence-corrected chi connectivity index (χ0v) is 19.9. The van der Waals surface area contributed by atoms with Crippen LogP contribution in [0.5, 0.6) is 5.75 Å². The molecule has 3 heterocycles. The van der Waals surface area contributed by atoms with Crippen molar-refractivity contribution in [3.8, 4) is 5.75 Å². The number of carbonyl (C=O) groups is 1. The normalized spacial score (nSPS) is 21.1. The van der Waals surface area contributed by atoms with Crippen LogP contribution in [0.1, 0.15) is 42.1 Å². The molecule has 1 fully saturated rings. The lowest BCUT2D eigenvalue weighted by Gasteiger charge is -2.35. The number of H-pyrrole nitrogens is 1. The van der Waals surface area contributed by atoms with Crippen molar-refractivity contribution in [3.05, 3.63) is 64.3 Å². The molecule has 0 saturated carbocycles. The van der Waals surface area contributed by atoms with Crippen LogP contribution in [-0.4, -0.2) is 60.8 Å². The Kier molecular flexibility index (Phi) is 6.21. The predicted molar refractivity (Wildman–Crippen MR) is 130 cm³/mol. The first-order valence-corrected chi connectivity index (χ1v) is 12.0. The largest absolute Gasteiger partial charge is 0.492 e. The van der Waals surface area contributed by atoms with Crippen molar-refractivity contribution in [1.29, 1.82) is 0 Å². The summed E-state index contributed by atoms with van der Waals surface area (Å²) in [6.45, 7) is 2.41. The van der Waals surface area contributed by atoms with Crippen molar-refractivity contribution in [3.63, 3.8) is 0 Å². The molecule has 7 heteroatoms. The first-order valence-electron chi connectivity index (χ1n) is 11.6. The summed E-state index contributed by atoms with van der Waals surface area (Å²) >= 11 is 6.27. The fraction of sp³-hybridized carbons (Fsp3) is 0.423. The minimum absolute atomic E-state index is 0.258. The summed E-state index contributed by atoms with van der Waals surface area (Å²) in [6, 6.07) is 14.2. The van der Waals surface area contributed by atoms with E-state index in [2.05, 4.69) is 16.9 Å². The van der Waals surface area contributed by atoms with Gasteiger partial charge in [0.1, 0.15) is 18.4 Å². The van der Waals surface area contributed by atoms with Gasteiger partial charge in [0.25, 0.3) is 0 Å². The van der Waals surface area contributed by atoms with E-state index in [1.807, 2.05) is 42.5 Å². The lowest BCUT2D eigenvalue weighted by Crippen LogP contribution is -2.40. The predicted octanol–water partition coefficient (Wildman–Crippen LogP) is 5.40. The van der Waals surface area contributed by atoms with E-state index in [9.17, 15) is 4.79 Å². The number of hydrogen-bond donors (Lipinski definition) is 1. The molecule has 33 heavy (non-hydrogen) atoms. The molecule has 2 atom stereocenters. The van der Waals surface area contributed by atoms with Crippen LogP contribution in [0.25, 0.3) is 10.9 Å². The molecule has 1 aromatic heterocycles. The van der Waals surface area contributed by atoms with E-state index in [0.717, 1.165) is 40.9 Å². The van der Waals surface area contributed by atoms with Crippen molar-refractivity contribution in [1.82, 2.24) is 14.8 Å². The third kappa shape index (κ3) is 4.30. The van der Waals surface area contributed by atoms with Crippen LogP contribution >= 0.6 is 11.6 Å². The minimum atomic E-state index is -0.331. The summed E-state index contributed by atoms with van der Waals surface area (Å²) in [6.07, 6.45) is 4.13. The number of likely N-dealkylation sites (N-methyl/N-ethyl adjacent to an activating group) is 1. The van der Waals surface area contributed by atoms with E-state index < -0.39 is 0 Å². The maximum absolute atomic E-state index is 12.6. The number of halogens is 1. The van der Waals surface area contributed by atoms with E-state index in [4.69, 9.17) is 21.1 Å². The Labute approximate surface area is 199 Å². The highest BCUT2D eigenvalue weighted by molar-refractivity contribution is 6.31. The number of aromatic amines is 1. The van der Waals surface area contributed by atoms with Crippen LogP contribution in [-0.2, 0) is 11.2 Å². The number of aromatic nitrogens is 1. The molecule has 5 rings (SSSR count). The van der Waals surface area contributed by atoms with E-state index in [0.29, 0.717) is 24.2 Å². The zero-order valence-electron chi connectivity index (χ0n) is 19.1. The second kappa shape index (κ2) is 9.27.